The van der Waals surface area contributed by atoms with Crippen LogP contribution in [0.25, 0.3) is 0 Å². The Labute approximate surface area is 193 Å². The van der Waals surface area contributed by atoms with Gasteiger partial charge in [-0.3, -0.25) is 9.59 Å². The number of hydrogen-bond acceptors (Lipinski definition) is 4. The van der Waals surface area contributed by atoms with Crippen LogP contribution in [-0.2, 0) is 11.2 Å². The zero-order valence-corrected chi connectivity index (χ0v) is 19.3. The second kappa shape index (κ2) is 10.0. The van der Waals surface area contributed by atoms with Crippen molar-refractivity contribution in [2.45, 2.75) is 25.8 Å². The molecular formula is C26H28N2O3S. The van der Waals surface area contributed by atoms with Gasteiger partial charge in [0.15, 0.2) is 0 Å². The molecule has 0 fully saturated rings. The van der Waals surface area contributed by atoms with Gasteiger partial charge < -0.3 is 14.5 Å². The minimum atomic E-state index is -0.149. The van der Waals surface area contributed by atoms with Crippen molar-refractivity contribution in [3.05, 3.63) is 87.6 Å². The van der Waals surface area contributed by atoms with Crippen molar-refractivity contribution in [1.29, 1.82) is 0 Å². The molecule has 0 saturated heterocycles. The molecule has 2 amide bonds. The molecule has 32 heavy (non-hydrogen) atoms. The molecule has 5 nitrogen and oxygen atoms in total. The van der Waals surface area contributed by atoms with Crippen molar-refractivity contribution in [3.8, 4) is 5.75 Å². The fourth-order valence-electron chi connectivity index (χ4n) is 4.29. The van der Waals surface area contributed by atoms with E-state index in [-0.39, 0.29) is 24.4 Å². The number of fused-ring (bicyclic) bond motifs is 1. The van der Waals surface area contributed by atoms with Gasteiger partial charge >= 0.3 is 0 Å². The molecule has 0 saturated carbocycles. The molecular weight excluding hydrogens is 420 g/mol. The van der Waals surface area contributed by atoms with Gasteiger partial charge in [-0.2, -0.15) is 0 Å². The normalized spacial score (nSPS) is 15.2. The van der Waals surface area contributed by atoms with Crippen LogP contribution in [0.15, 0.2) is 66.0 Å². The highest BCUT2D eigenvalue weighted by Crippen LogP contribution is 2.37. The lowest BCUT2D eigenvalue weighted by Gasteiger charge is -2.37. The van der Waals surface area contributed by atoms with Crippen molar-refractivity contribution in [2.75, 3.05) is 26.7 Å². The summed E-state index contributed by atoms with van der Waals surface area (Å²) in [4.78, 5) is 31.7. The second-order valence-corrected chi connectivity index (χ2v) is 8.91. The molecule has 2 heterocycles. The summed E-state index contributed by atoms with van der Waals surface area (Å²) in [5, 5.41) is 2.10. The van der Waals surface area contributed by atoms with Crippen molar-refractivity contribution in [1.82, 2.24) is 9.80 Å². The minimum absolute atomic E-state index is 0.0274. The summed E-state index contributed by atoms with van der Waals surface area (Å²) in [5.41, 5.74) is 2.83. The highest BCUT2D eigenvalue weighted by atomic mass is 32.1. The molecule has 6 heteroatoms. The second-order valence-electron chi connectivity index (χ2n) is 7.91. The largest absolute Gasteiger partial charge is 0.497 e. The zero-order chi connectivity index (χ0) is 22.5. The molecule has 0 aliphatic carbocycles. The van der Waals surface area contributed by atoms with E-state index >= 15 is 0 Å². The van der Waals surface area contributed by atoms with Gasteiger partial charge in [0.05, 0.1) is 13.2 Å². The summed E-state index contributed by atoms with van der Waals surface area (Å²) < 4.78 is 5.26. The van der Waals surface area contributed by atoms with E-state index in [2.05, 4.69) is 23.6 Å². The van der Waals surface area contributed by atoms with E-state index in [1.54, 1.807) is 41.5 Å². The lowest BCUT2D eigenvalue weighted by molar-refractivity contribution is -0.134. The summed E-state index contributed by atoms with van der Waals surface area (Å²) in [6, 6.07) is 19.3. The van der Waals surface area contributed by atoms with Gasteiger partial charge in [-0.25, -0.2) is 0 Å². The van der Waals surface area contributed by atoms with Crippen LogP contribution in [0.4, 0.5) is 0 Å². The fraction of sp³-hybridized carbons (Fsp3) is 0.308. The molecule has 1 atom stereocenters. The average molecular weight is 449 g/mol. The summed E-state index contributed by atoms with van der Waals surface area (Å²) in [7, 11) is 1.58. The minimum Gasteiger partial charge on any atom is -0.497 e. The quantitative estimate of drug-likeness (QED) is 0.523. The smallest absolute Gasteiger partial charge is 0.254 e. The van der Waals surface area contributed by atoms with Crippen molar-refractivity contribution in [2.24, 2.45) is 0 Å². The maximum atomic E-state index is 13.6. The predicted molar refractivity (Wildman–Crippen MR) is 127 cm³/mol. The Bertz CT molecular complexity index is 1080. The number of carbonyl (C=O) groups is 2. The number of thiophene rings is 1. The Morgan fingerprint density at radius 2 is 1.94 bits per heavy atom. The van der Waals surface area contributed by atoms with E-state index in [1.165, 1.54) is 10.4 Å². The standard InChI is InChI=1S/C26H28N2O3S/c1-3-14-27(26(30)20-10-7-11-21(17-20)31-2)18-24(29)28-15-12-23-22(13-16-32-23)25(28)19-8-5-4-6-9-19/h4-11,13,16-17,25H,3,12,14-15,18H2,1-2H3. The van der Waals surface area contributed by atoms with E-state index in [0.29, 0.717) is 24.4 Å². The van der Waals surface area contributed by atoms with Crippen LogP contribution < -0.4 is 4.74 Å². The van der Waals surface area contributed by atoms with Crippen molar-refractivity contribution < 1.29 is 14.3 Å². The van der Waals surface area contributed by atoms with Gasteiger partial charge in [-0.15, -0.1) is 11.3 Å². The van der Waals surface area contributed by atoms with Crippen LogP contribution in [0.3, 0.4) is 0 Å². The van der Waals surface area contributed by atoms with E-state index < -0.39 is 0 Å². The maximum absolute atomic E-state index is 13.6. The number of amides is 2. The number of methoxy groups -OCH3 is 1. The molecule has 0 spiro atoms. The molecule has 0 bridgehead atoms. The summed E-state index contributed by atoms with van der Waals surface area (Å²) in [6.45, 7) is 3.25. The van der Waals surface area contributed by atoms with Crippen LogP contribution in [0.1, 0.15) is 45.7 Å². The molecule has 4 rings (SSSR count). The SMILES string of the molecule is CCCN(CC(=O)N1CCc2sccc2C1c1ccccc1)C(=O)c1cccc(OC)c1. The van der Waals surface area contributed by atoms with Crippen molar-refractivity contribution in [3.63, 3.8) is 0 Å². The molecule has 166 valence electrons. The van der Waals surface area contributed by atoms with Crippen LogP contribution >= 0.6 is 11.3 Å². The van der Waals surface area contributed by atoms with Crippen LogP contribution in [-0.4, -0.2) is 48.4 Å². The highest BCUT2D eigenvalue weighted by Gasteiger charge is 2.33. The first-order chi connectivity index (χ1) is 15.6. The molecule has 1 aromatic heterocycles. The number of carbonyl (C=O) groups excluding carboxylic acids is 2. The Morgan fingerprint density at radius 3 is 2.69 bits per heavy atom. The van der Waals surface area contributed by atoms with E-state index in [0.717, 1.165) is 18.4 Å². The van der Waals surface area contributed by atoms with E-state index in [4.69, 9.17) is 4.74 Å². The molecule has 1 aliphatic rings. The van der Waals surface area contributed by atoms with E-state index in [1.807, 2.05) is 36.1 Å². The van der Waals surface area contributed by atoms with Crippen LogP contribution in [0, 0.1) is 0 Å². The number of hydrogen-bond donors (Lipinski definition) is 0. The lowest BCUT2D eigenvalue weighted by atomic mass is 9.93. The summed E-state index contributed by atoms with van der Waals surface area (Å²) in [5.74, 6) is 0.452. The molecule has 1 aliphatic heterocycles. The third-order valence-corrected chi connectivity index (χ3v) is 6.82. The number of rotatable bonds is 7. The fourth-order valence-corrected chi connectivity index (χ4v) is 5.20. The van der Waals surface area contributed by atoms with Gasteiger partial charge in [0.1, 0.15) is 12.3 Å². The van der Waals surface area contributed by atoms with Gasteiger partial charge in [0.2, 0.25) is 5.91 Å². The lowest BCUT2D eigenvalue weighted by Crippen LogP contribution is -2.47. The number of ether oxygens (including phenoxy) is 1. The third-order valence-electron chi connectivity index (χ3n) is 5.83. The Balaban J connectivity index is 1.59. The van der Waals surface area contributed by atoms with Gasteiger partial charge in [0.25, 0.3) is 5.91 Å². The predicted octanol–water partition coefficient (Wildman–Crippen LogP) is 4.78. The van der Waals surface area contributed by atoms with Crippen LogP contribution in [0.2, 0.25) is 0 Å². The van der Waals surface area contributed by atoms with Gasteiger partial charge in [-0.1, -0.05) is 43.3 Å². The summed E-state index contributed by atoms with van der Waals surface area (Å²) >= 11 is 1.75. The first kappa shape index (κ1) is 22.1. The number of nitrogens with zero attached hydrogens (tertiary/aromatic N) is 2. The highest BCUT2D eigenvalue weighted by molar-refractivity contribution is 7.10. The monoisotopic (exact) mass is 448 g/mol. The van der Waals surface area contributed by atoms with Gasteiger partial charge in [0, 0.05) is 23.5 Å². The molecule has 0 N–H and O–H groups in total. The average Bonchev–Trinajstić information content (AvgIpc) is 3.32. The Hall–Kier alpha value is -3.12. The summed E-state index contributed by atoms with van der Waals surface area (Å²) in [6.07, 6.45) is 1.62. The maximum Gasteiger partial charge on any atom is 0.254 e. The third kappa shape index (κ3) is 4.55. The van der Waals surface area contributed by atoms with Crippen LogP contribution in [0.5, 0.6) is 5.75 Å². The van der Waals surface area contributed by atoms with E-state index in [9.17, 15) is 9.59 Å². The van der Waals surface area contributed by atoms with Crippen molar-refractivity contribution >= 4 is 23.2 Å². The Morgan fingerprint density at radius 1 is 1.12 bits per heavy atom. The molecule has 3 aromatic rings. The zero-order valence-electron chi connectivity index (χ0n) is 18.5. The number of benzene rings is 2. The van der Waals surface area contributed by atoms with Gasteiger partial charge in [-0.05, 0) is 53.6 Å². The molecule has 2 aromatic carbocycles. The Kier molecular flexibility index (Phi) is 6.90. The molecule has 1 unspecified atom stereocenters. The molecule has 0 radical (unpaired) electrons. The first-order valence-corrected chi connectivity index (χ1v) is 11.8. The topological polar surface area (TPSA) is 49.9 Å². The first-order valence-electron chi connectivity index (χ1n) is 11.0.